The van der Waals surface area contributed by atoms with Gasteiger partial charge in [0.15, 0.2) is 6.29 Å². The Morgan fingerprint density at radius 2 is 1.69 bits per heavy atom. The molecule has 1 unspecified atom stereocenters. The molecule has 0 spiro atoms. The molecule has 0 aromatic carbocycles. The lowest BCUT2D eigenvalue weighted by Gasteiger charge is -2.38. The van der Waals surface area contributed by atoms with E-state index in [1.807, 2.05) is 0 Å². The second kappa shape index (κ2) is 6.45. The minimum Gasteiger partial charge on any atom is -0.387 e. The van der Waals surface area contributed by atoms with Crippen molar-refractivity contribution in [2.75, 3.05) is 26.9 Å². The molecule has 1 aliphatic rings. The Bertz CT molecular complexity index is 200. The van der Waals surface area contributed by atoms with E-state index in [4.69, 9.17) is 14.2 Å². The van der Waals surface area contributed by atoms with Gasteiger partial charge < -0.3 is 34.6 Å². The van der Waals surface area contributed by atoms with Gasteiger partial charge in [0.05, 0.1) is 19.8 Å². The van der Waals surface area contributed by atoms with Crippen LogP contribution in [0.3, 0.4) is 0 Å². The molecule has 1 saturated heterocycles. The van der Waals surface area contributed by atoms with E-state index in [0.717, 1.165) is 0 Å². The molecule has 0 aromatic heterocycles. The summed E-state index contributed by atoms with van der Waals surface area (Å²) in [5, 5.41) is 37.3. The molecule has 7 nitrogen and oxygen atoms in total. The number of rotatable bonds is 5. The smallest absolute Gasteiger partial charge is 0.184 e. The molecular weight excluding hydrogens is 220 g/mol. The van der Waals surface area contributed by atoms with Crippen molar-refractivity contribution in [1.82, 2.24) is 0 Å². The summed E-state index contributed by atoms with van der Waals surface area (Å²) in [4.78, 5) is 0. The highest BCUT2D eigenvalue weighted by Gasteiger charge is 2.42. The molecule has 1 rings (SSSR count). The number of aliphatic hydroxyl groups is 4. The summed E-state index contributed by atoms with van der Waals surface area (Å²) in [6.45, 7) is 0.722. The van der Waals surface area contributed by atoms with Crippen LogP contribution in [0, 0.1) is 0 Å². The Hall–Kier alpha value is -0.280. The van der Waals surface area contributed by atoms with Crippen LogP contribution in [-0.4, -0.2) is 78.1 Å². The van der Waals surface area contributed by atoms with Crippen LogP contribution in [0.5, 0.6) is 0 Å². The molecule has 1 heterocycles. The van der Waals surface area contributed by atoms with Gasteiger partial charge in [-0.1, -0.05) is 0 Å². The fourth-order valence-corrected chi connectivity index (χ4v) is 1.41. The predicted octanol–water partition coefficient (Wildman–Crippen LogP) is -2.55. The standard InChI is InChI=1S/C9H18O7/c1-14-2-3-15-4-5-6(10)7(11)8(12)9(13)16-5/h5-13H,2-4H2,1H3/t5-,6+,7+,8-,9?/m1/s1. The highest BCUT2D eigenvalue weighted by Crippen LogP contribution is 2.19. The monoisotopic (exact) mass is 238 g/mol. The van der Waals surface area contributed by atoms with Crippen LogP contribution in [0.15, 0.2) is 0 Å². The zero-order valence-electron chi connectivity index (χ0n) is 9.02. The van der Waals surface area contributed by atoms with Crippen molar-refractivity contribution < 1.29 is 34.6 Å². The highest BCUT2D eigenvalue weighted by atomic mass is 16.6. The van der Waals surface area contributed by atoms with Crippen molar-refractivity contribution in [2.45, 2.75) is 30.7 Å². The van der Waals surface area contributed by atoms with Gasteiger partial charge >= 0.3 is 0 Å². The largest absolute Gasteiger partial charge is 0.387 e. The molecule has 16 heavy (non-hydrogen) atoms. The molecule has 0 radical (unpaired) electrons. The van der Waals surface area contributed by atoms with Gasteiger partial charge in [0.2, 0.25) is 0 Å². The first-order chi connectivity index (χ1) is 7.57. The summed E-state index contributed by atoms with van der Waals surface area (Å²) in [7, 11) is 1.53. The van der Waals surface area contributed by atoms with E-state index in [0.29, 0.717) is 13.2 Å². The molecular formula is C9H18O7. The van der Waals surface area contributed by atoms with Crippen molar-refractivity contribution in [3.05, 3.63) is 0 Å². The van der Waals surface area contributed by atoms with Crippen LogP contribution in [0.4, 0.5) is 0 Å². The summed E-state index contributed by atoms with van der Waals surface area (Å²) in [5.74, 6) is 0. The van der Waals surface area contributed by atoms with Crippen molar-refractivity contribution in [3.63, 3.8) is 0 Å². The van der Waals surface area contributed by atoms with Gasteiger partial charge in [-0.2, -0.15) is 0 Å². The third kappa shape index (κ3) is 3.36. The lowest BCUT2D eigenvalue weighted by Crippen LogP contribution is -2.58. The van der Waals surface area contributed by atoms with Gasteiger partial charge in [0, 0.05) is 7.11 Å². The predicted molar refractivity (Wildman–Crippen MR) is 51.6 cm³/mol. The van der Waals surface area contributed by atoms with Gasteiger partial charge in [0.1, 0.15) is 24.4 Å². The van der Waals surface area contributed by atoms with E-state index >= 15 is 0 Å². The molecule has 96 valence electrons. The zero-order chi connectivity index (χ0) is 12.1. The Labute approximate surface area is 93.2 Å². The van der Waals surface area contributed by atoms with E-state index in [9.17, 15) is 20.4 Å². The van der Waals surface area contributed by atoms with E-state index in [1.165, 1.54) is 7.11 Å². The second-order valence-corrected chi connectivity index (χ2v) is 3.60. The van der Waals surface area contributed by atoms with Crippen LogP contribution < -0.4 is 0 Å². The first-order valence-electron chi connectivity index (χ1n) is 5.02. The highest BCUT2D eigenvalue weighted by molar-refractivity contribution is 4.88. The van der Waals surface area contributed by atoms with Crippen molar-refractivity contribution in [2.24, 2.45) is 0 Å². The first kappa shape index (κ1) is 13.8. The van der Waals surface area contributed by atoms with E-state index in [1.54, 1.807) is 0 Å². The van der Waals surface area contributed by atoms with Gasteiger partial charge in [-0.25, -0.2) is 0 Å². The third-order valence-corrected chi connectivity index (χ3v) is 2.40. The Morgan fingerprint density at radius 1 is 1.00 bits per heavy atom. The summed E-state index contributed by atoms with van der Waals surface area (Å²) in [5.41, 5.74) is 0. The van der Waals surface area contributed by atoms with Gasteiger partial charge in [0.25, 0.3) is 0 Å². The number of ether oxygens (including phenoxy) is 3. The van der Waals surface area contributed by atoms with Crippen molar-refractivity contribution in [3.8, 4) is 0 Å². The number of hydrogen-bond donors (Lipinski definition) is 4. The van der Waals surface area contributed by atoms with Crippen molar-refractivity contribution in [1.29, 1.82) is 0 Å². The van der Waals surface area contributed by atoms with Gasteiger partial charge in [-0.3, -0.25) is 0 Å². The Morgan fingerprint density at radius 3 is 2.31 bits per heavy atom. The van der Waals surface area contributed by atoms with E-state index in [2.05, 4.69) is 0 Å². The SMILES string of the molecule is COCCOC[C@H]1OC(O)[C@H](O)[C@@H](O)[C@H]1O. The van der Waals surface area contributed by atoms with E-state index in [-0.39, 0.29) is 6.61 Å². The van der Waals surface area contributed by atoms with Crippen LogP contribution in [-0.2, 0) is 14.2 Å². The molecule has 1 fully saturated rings. The van der Waals surface area contributed by atoms with Gasteiger partial charge in [-0.05, 0) is 0 Å². The first-order valence-corrected chi connectivity index (χ1v) is 5.02. The minimum atomic E-state index is -1.52. The normalized spacial score (nSPS) is 39.9. The van der Waals surface area contributed by atoms with Crippen LogP contribution in [0.2, 0.25) is 0 Å². The maximum atomic E-state index is 9.52. The molecule has 0 saturated carbocycles. The summed E-state index contributed by atoms with van der Waals surface area (Å²) >= 11 is 0. The maximum absolute atomic E-state index is 9.52. The maximum Gasteiger partial charge on any atom is 0.184 e. The van der Waals surface area contributed by atoms with Crippen LogP contribution >= 0.6 is 0 Å². The average Bonchev–Trinajstić information content (AvgIpc) is 2.28. The van der Waals surface area contributed by atoms with Crippen LogP contribution in [0.25, 0.3) is 0 Å². The topological polar surface area (TPSA) is 109 Å². The molecule has 0 amide bonds. The quantitative estimate of drug-likeness (QED) is 0.390. The third-order valence-electron chi connectivity index (χ3n) is 2.40. The summed E-state index contributed by atoms with van der Waals surface area (Å²) in [6, 6.07) is 0. The fourth-order valence-electron chi connectivity index (χ4n) is 1.41. The van der Waals surface area contributed by atoms with Gasteiger partial charge in [-0.15, -0.1) is 0 Å². The molecule has 0 bridgehead atoms. The lowest BCUT2D eigenvalue weighted by molar-refractivity contribution is -0.288. The number of aliphatic hydroxyl groups excluding tert-OH is 4. The Kier molecular flexibility index (Phi) is 5.56. The van der Waals surface area contributed by atoms with Crippen LogP contribution in [0.1, 0.15) is 0 Å². The summed E-state index contributed by atoms with van der Waals surface area (Å²) in [6.07, 6.45) is -6.63. The summed E-state index contributed by atoms with van der Waals surface area (Å²) < 4.78 is 14.7. The lowest BCUT2D eigenvalue weighted by atomic mass is 9.99. The van der Waals surface area contributed by atoms with Crippen molar-refractivity contribution >= 4 is 0 Å². The zero-order valence-corrected chi connectivity index (χ0v) is 9.02. The molecule has 7 heteroatoms. The molecule has 4 N–H and O–H groups in total. The Balaban J connectivity index is 2.35. The number of methoxy groups -OCH3 is 1. The van der Waals surface area contributed by atoms with E-state index < -0.39 is 30.7 Å². The molecule has 0 aliphatic carbocycles. The second-order valence-electron chi connectivity index (χ2n) is 3.60. The molecule has 0 aromatic rings. The average molecular weight is 238 g/mol. The fraction of sp³-hybridized carbons (Fsp3) is 1.00. The minimum absolute atomic E-state index is 0.00532. The number of hydrogen-bond acceptors (Lipinski definition) is 7. The molecule has 5 atom stereocenters. The molecule has 1 aliphatic heterocycles.